The van der Waals surface area contributed by atoms with Crippen molar-refractivity contribution in [2.45, 2.75) is 38.6 Å². The third-order valence-electron chi connectivity index (χ3n) is 4.49. The summed E-state index contributed by atoms with van der Waals surface area (Å²) < 4.78 is 0. The molecule has 0 N–H and O–H groups in total. The van der Waals surface area contributed by atoms with Crippen molar-refractivity contribution in [2.24, 2.45) is 10.9 Å². The number of nitrogens with zero attached hydrogens (tertiary/aromatic N) is 2. The van der Waals surface area contributed by atoms with Gasteiger partial charge in [-0.05, 0) is 37.0 Å². The molecular formula is C18H16Cl2N2O. The molecule has 23 heavy (non-hydrogen) atoms. The van der Waals surface area contributed by atoms with Gasteiger partial charge in [0, 0.05) is 27.7 Å². The summed E-state index contributed by atoms with van der Waals surface area (Å²) >= 11 is 12.4. The molecule has 0 aromatic heterocycles. The van der Waals surface area contributed by atoms with E-state index in [0.29, 0.717) is 22.0 Å². The van der Waals surface area contributed by atoms with Crippen LogP contribution in [-0.2, 0) is 4.79 Å². The van der Waals surface area contributed by atoms with Gasteiger partial charge >= 0.3 is 0 Å². The van der Waals surface area contributed by atoms with E-state index in [-0.39, 0.29) is 17.6 Å². The van der Waals surface area contributed by atoms with Crippen molar-refractivity contribution >= 4 is 34.7 Å². The lowest BCUT2D eigenvalue weighted by atomic mass is 9.73. The fourth-order valence-corrected chi connectivity index (χ4v) is 4.01. The van der Waals surface area contributed by atoms with Crippen molar-refractivity contribution in [1.29, 1.82) is 0 Å². The Kier molecular flexibility index (Phi) is 4.31. The van der Waals surface area contributed by atoms with Gasteiger partial charge in [0.2, 0.25) is 0 Å². The average Bonchev–Trinajstić information content (AvgIpc) is 2.45. The van der Waals surface area contributed by atoms with E-state index in [0.717, 1.165) is 23.4 Å². The predicted octanol–water partition coefficient (Wildman–Crippen LogP) is 5.09. The molecule has 3 unspecified atom stereocenters. The highest BCUT2D eigenvalue weighted by molar-refractivity contribution is 6.35. The maximum atomic E-state index is 12.7. The normalized spacial score (nSPS) is 27.3. The van der Waals surface area contributed by atoms with Crippen LogP contribution in [0.2, 0.25) is 10.0 Å². The largest absolute Gasteiger partial charge is 0.306 e. The van der Waals surface area contributed by atoms with Gasteiger partial charge in [0.25, 0.3) is 6.04 Å². The summed E-state index contributed by atoms with van der Waals surface area (Å²) in [6, 6.07) is 4.74. The molecule has 1 heterocycles. The Balaban J connectivity index is 2.21. The second-order valence-electron chi connectivity index (χ2n) is 6.27. The van der Waals surface area contributed by atoms with Gasteiger partial charge in [-0.25, -0.2) is 6.57 Å². The standard InChI is InChI=1S/C18H16Cl2N2O/c1-9-6-14-17(15(23)7-9)16(18(21-3)10(2)22-14)12-5-4-11(19)8-13(12)20/h4-5,8-9,16,18H,6-7H2,1-2H3. The number of hydrogen-bond acceptors (Lipinski definition) is 2. The van der Waals surface area contributed by atoms with Crippen LogP contribution in [0.4, 0.5) is 0 Å². The number of Topliss-reactive ketones (excluding diaryl/α,β-unsaturated/α-hetero) is 1. The lowest BCUT2D eigenvalue weighted by Crippen LogP contribution is -2.34. The summed E-state index contributed by atoms with van der Waals surface area (Å²) in [7, 11) is 0. The van der Waals surface area contributed by atoms with E-state index in [1.54, 1.807) is 12.1 Å². The predicted molar refractivity (Wildman–Crippen MR) is 93.1 cm³/mol. The number of rotatable bonds is 1. The molecule has 5 heteroatoms. The average molecular weight is 347 g/mol. The van der Waals surface area contributed by atoms with E-state index in [1.807, 2.05) is 13.0 Å². The quantitative estimate of drug-likeness (QED) is 0.651. The highest BCUT2D eigenvalue weighted by Gasteiger charge is 2.44. The zero-order valence-electron chi connectivity index (χ0n) is 12.9. The summed E-state index contributed by atoms with van der Waals surface area (Å²) in [6.45, 7) is 11.5. The summed E-state index contributed by atoms with van der Waals surface area (Å²) in [5, 5.41) is 1.03. The smallest absolute Gasteiger partial charge is 0.272 e. The summed E-state index contributed by atoms with van der Waals surface area (Å²) in [5.74, 6) is 0.00747. The molecule has 0 bridgehead atoms. The molecule has 0 saturated carbocycles. The molecular weight excluding hydrogens is 331 g/mol. The van der Waals surface area contributed by atoms with Crippen molar-refractivity contribution in [3.63, 3.8) is 0 Å². The molecule has 2 aliphatic rings. The van der Waals surface area contributed by atoms with Crippen molar-refractivity contribution in [3.05, 3.63) is 56.5 Å². The van der Waals surface area contributed by atoms with E-state index < -0.39 is 6.04 Å². The molecule has 1 aromatic carbocycles. The highest BCUT2D eigenvalue weighted by atomic mass is 35.5. The van der Waals surface area contributed by atoms with E-state index in [2.05, 4.69) is 16.8 Å². The van der Waals surface area contributed by atoms with Gasteiger partial charge in [-0.1, -0.05) is 36.2 Å². The molecule has 1 aliphatic heterocycles. The van der Waals surface area contributed by atoms with Crippen LogP contribution in [-0.4, -0.2) is 17.5 Å². The Hall–Kier alpha value is -1.63. The second kappa shape index (κ2) is 6.11. The van der Waals surface area contributed by atoms with Gasteiger partial charge < -0.3 is 4.85 Å². The van der Waals surface area contributed by atoms with Crippen molar-refractivity contribution in [3.8, 4) is 0 Å². The lowest BCUT2D eigenvalue weighted by Gasteiger charge is -2.32. The number of benzene rings is 1. The Morgan fingerprint density at radius 1 is 1.30 bits per heavy atom. The number of hydrogen-bond donors (Lipinski definition) is 0. The first-order valence-corrected chi connectivity index (χ1v) is 8.31. The molecule has 0 fully saturated rings. The number of aliphatic imine (C=N–C) groups is 1. The second-order valence-corrected chi connectivity index (χ2v) is 7.11. The minimum absolute atomic E-state index is 0.0830. The van der Waals surface area contributed by atoms with E-state index in [4.69, 9.17) is 29.8 Å². The number of carbonyl (C=O) groups excluding carboxylic acids is 1. The maximum Gasteiger partial charge on any atom is 0.272 e. The Labute approximate surface area is 145 Å². The first kappa shape index (κ1) is 16.2. The van der Waals surface area contributed by atoms with Crippen molar-refractivity contribution in [2.75, 3.05) is 0 Å². The van der Waals surface area contributed by atoms with Gasteiger partial charge in [-0.15, -0.1) is 0 Å². The molecule has 0 amide bonds. The monoisotopic (exact) mass is 346 g/mol. The summed E-state index contributed by atoms with van der Waals surface area (Å²) in [4.78, 5) is 21.0. The fraction of sp³-hybridized carbons (Fsp3) is 0.389. The molecule has 1 aromatic rings. The molecule has 3 nitrogen and oxygen atoms in total. The van der Waals surface area contributed by atoms with Crippen LogP contribution in [0, 0.1) is 12.5 Å². The minimum Gasteiger partial charge on any atom is -0.306 e. The third-order valence-corrected chi connectivity index (χ3v) is 5.05. The molecule has 0 spiro atoms. The van der Waals surface area contributed by atoms with Crippen LogP contribution in [0.5, 0.6) is 0 Å². The zero-order chi connectivity index (χ0) is 16.7. The lowest BCUT2D eigenvalue weighted by molar-refractivity contribution is -0.117. The van der Waals surface area contributed by atoms with E-state index in [1.165, 1.54) is 0 Å². The topological polar surface area (TPSA) is 33.8 Å². The fourth-order valence-electron chi connectivity index (χ4n) is 3.48. The molecule has 0 saturated heterocycles. The van der Waals surface area contributed by atoms with Crippen molar-refractivity contribution in [1.82, 2.24) is 0 Å². The summed E-state index contributed by atoms with van der Waals surface area (Å²) in [6.07, 6.45) is 1.27. The number of allylic oxidation sites excluding steroid dienone is 1. The minimum atomic E-state index is -0.496. The van der Waals surface area contributed by atoms with Gasteiger partial charge in [0.05, 0.1) is 11.6 Å². The Morgan fingerprint density at radius 3 is 2.70 bits per heavy atom. The molecule has 1 aliphatic carbocycles. The van der Waals surface area contributed by atoms with Crippen molar-refractivity contribution < 1.29 is 4.79 Å². The van der Waals surface area contributed by atoms with Gasteiger partial charge in [0.1, 0.15) is 0 Å². The molecule has 3 atom stereocenters. The van der Waals surface area contributed by atoms with Crippen LogP contribution in [0.25, 0.3) is 4.85 Å². The van der Waals surface area contributed by atoms with Crippen LogP contribution in [0.15, 0.2) is 34.5 Å². The van der Waals surface area contributed by atoms with Crippen LogP contribution in [0.1, 0.15) is 38.2 Å². The van der Waals surface area contributed by atoms with Crippen LogP contribution < -0.4 is 0 Å². The van der Waals surface area contributed by atoms with E-state index >= 15 is 0 Å². The SMILES string of the molecule is [C-]#[N+]C1C(C)=NC2=C(C(=O)CC(C)C2)C1c1ccc(Cl)cc1Cl. The first-order valence-electron chi connectivity index (χ1n) is 7.55. The first-order chi connectivity index (χ1) is 10.9. The summed E-state index contributed by atoms with van der Waals surface area (Å²) in [5.41, 5.74) is 3.01. The Bertz CT molecular complexity index is 789. The van der Waals surface area contributed by atoms with Gasteiger partial charge in [-0.3, -0.25) is 9.79 Å². The van der Waals surface area contributed by atoms with Gasteiger partial charge in [-0.2, -0.15) is 0 Å². The molecule has 3 rings (SSSR count). The number of carbonyl (C=O) groups is 1. The van der Waals surface area contributed by atoms with E-state index in [9.17, 15) is 4.79 Å². The van der Waals surface area contributed by atoms with Crippen LogP contribution in [0.3, 0.4) is 0 Å². The number of halogens is 2. The highest BCUT2D eigenvalue weighted by Crippen LogP contribution is 2.44. The number of ketones is 1. The molecule has 118 valence electrons. The Morgan fingerprint density at radius 2 is 2.04 bits per heavy atom. The van der Waals surface area contributed by atoms with Crippen LogP contribution >= 0.6 is 23.2 Å². The maximum absolute atomic E-state index is 12.7. The third kappa shape index (κ3) is 2.82. The molecule has 0 radical (unpaired) electrons. The zero-order valence-corrected chi connectivity index (χ0v) is 14.4. The van der Waals surface area contributed by atoms with Gasteiger partial charge in [0.15, 0.2) is 5.78 Å².